The van der Waals surface area contributed by atoms with Crippen molar-refractivity contribution in [1.29, 1.82) is 5.26 Å². The van der Waals surface area contributed by atoms with Gasteiger partial charge in [0, 0.05) is 6.54 Å². The number of alkyl halides is 1. The highest BCUT2D eigenvalue weighted by atomic mass is 32.1. The van der Waals surface area contributed by atoms with Gasteiger partial charge in [0.25, 0.3) is 0 Å². The molecule has 0 bridgehead atoms. The number of halogens is 1. The third kappa shape index (κ3) is 5.42. The highest BCUT2D eigenvalue weighted by Crippen LogP contribution is 2.45. The van der Waals surface area contributed by atoms with Crippen LogP contribution in [0, 0.1) is 29.1 Å². The summed E-state index contributed by atoms with van der Waals surface area (Å²) < 4.78 is 15.1. The van der Waals surface area contributed by atoms with E-state index in [0.717, 1.165) is 26.6 Å². The topological polar surface area (TPSA) is 135 Å². The van der Waals surface area contributed by atoms with Crippen molar-refractivity contribution >= 4 is 29.1 Å². The zero-order valence-corrected chi connectivity index (χ0v) is 22.6. The molecule has 3 amide bonds. The minimum absolute atomic E-state index is 0.103. The molecule has 4 rings (SSSR count). The number of amides is 3. The highest BCUT2D eigenvalue weighted by molar-refractivity contribution is 7.13. The number of hydrogen-bond acceptors (Lipinski definition) is 7. The van der Waals surface area contributed by atoms with Crippen LogP contribution in [0.1, 0.15) is 44.9 Å². The van der Waals surface area contributed by atoms with Crippen molar-refractivity contribution in [1.82, 2.24) is 20.5 Å². The van der Waals surface area contributed by atoms with Gasteiger partial charge in [0.15, 0.2) is 6.17 Å². The molecule has 2 aromatic rings. The van der Waals surface area contributed by atoms with Gasteiger partial charge in [0.1, 0.15) is 23.6 Å². The van der Waals surface area contributed by atoms with E-state index in [9.17, 15) is 24.8 Å². The second kappa shape index (κ2) is 10.4. The van der Waals surface area contributed by atoms with Gasteiger partial charge >= 0.3 is 0 Å². The van der Waals surface area contributed by atoms with Crippen LogP contribution in [0.15, 0.2) is 29.8 Å². The van der Waals surface area contributed by atoms with Crippen LogP contribution in [0.25, 0.3) is 10.4 Å². The maximum absolute atomic E-state index is 15.1. The number of aryl methyl sites for hydroxylation is 1. The van der Waals surface area contributed by atoms with Crippen molar-refractivity contribution in [2.45, 2.75) is 71.4 Å². The number of benzene rings is 1. The number of aliphatic hydroxyl groups excluding tert-OH is 1. The predicted molar refractivity (Wildman–Crippen MR) is 139 cm³/mol. The van der Waals surface area contributed by atoms with Crippen LogP contribution in [0.4, 0.5) is 4.39 Å². The minimum atomic E-state index is -1.99. The number of likely N-dealkylation sites (tertiary alicyclic amines) is 1. The molecule has 2 fully saturated rings. The molecule has 2 heterocycles. The molecule has 1 aliphatic carbocycles. The first-order valence-corrected chi connectivity index (χ1v) is 13.4. The lowest BCUT2D eigenvalue weighted by molar-refractivity contribution is -0.145. The summed E-state index contributed by atoms with van der Waals surface area (Å²) in [5.41, 5.74) is 2.54. The first-order chi connectivity index (χ1) is 17.9. The van der Waals surface area contributed by atoms with Crippen molar-refractivity contribution < 1.29 is 23.9 Å². The fraction of sp³-hybridized carbons (Fsp3) is 0.519. The first-order valence-electron chi connectivity index (χ1n) is 12.5. The van der Waals surface area contributed by atoms with E-state index in [4.69, 9.17) is 0 Å². The Morgan fingerprint density at radius 3 is 2.47 bits per heavy atom. The van der Waals surface area contributed by atoms with Gasteiger partial charge in [-0.15, -0.1) is 11.3 Å². The molecular formula is C27H32FN5O4S. The monoisotopic (exact) mass is 541 g/mol. The fourth-order valence-electron chi connectivity index (χ4n) is 4.56. The summed E-state index contributed by atoms with van der Waals surface area (Å²) in [6, 6.07) is 6.87. The number of thiazole rings is 1. The largest absolute Gasteiger partial charge is 0.388 e. The van der Waals surface area contributed by atoms with E-state index in [1.165, 1.54) is 11.3 Å². The molecule has 9 nitrogen and oxygen atoms in total. The molecule has 4 atom stereocenters. The molecule has 0 radical (unpaired) electrons. The number of nitrogens with one attached hydrogen (secondary N) is 2. The van der Waals surface area contributed by atoms with Gasteiger partial charge in [-0.05, 0) is 36.3 Å². The zero-order valence-electron chi connectivity index (χ0n) is 21.8. The minimum Gasteiger partial charge on any atom is -0.388 e. The number of carbonyl (C=O) groups is 3. The normalized spacial score (nSPS) is 22.9. The van der Waals surface area contributed by atoms with Crippen molar-refractivity contribution in [2.24, 2.45) is 10.8 Å². The Morgan fingerprint density at radius 2 is 1.95 bits per heavy atom. The van der Waals surface area contributed by atoms with E-state index in [1.807, 2.05) is 37.3 Å². The number of nitrogens with zero attached hydrogens (tertiary/aromatic N) is 3. The number of carbonyl (C=O) groups excluding carboxylic acids is 3. The summed E-state index contributed by atoms with van der Waals surface area (Å²) in [6.45, 7) is 6.84. The van der Waals surface area contributed by atoms with Crippen LogP contribution in [0.3, 0.4) is 0 Å². The van der Waals surface area contributed by atoms with Crippen LogP contribution in [0.2, 0.25) is 0 Å². The molecule has 202 valence electrons. The van der Waals surface area contributed by atoms with E-state index in [0.29, 0.717) is 12.8 Å². The van der Waals surface area contributed by atoms with E-state index in [1.54, 1.807) is 26.3 Å². The maximum atomic E-state index is 15.1. The lowest BCUT2D eigenvalue weighted by Crippen LogP contribution is -2.59. The van der Waals surface area contributed by atoms with Crippen LogP contribution in [0.5, 0.6) is 0 Å². The summed E-state index contributed by atoms with van der Waals surface area (Å²) in [7, 11) is 0. The molecule has 0 unspecified atom stereocenters. The van der Waals surface area contributed by atoms with Crippen molar-refractivity contribution in [3.8, 4) is 16.5 Å². The molecule has 2 aliphatic rings. The molecule has 0 spiro atoms. The predicted octanol–water partition coefficient (Wildman–Crippen LogP) is 2.48. The highest BCUT2D eigenvalue weighted by Gasteiger charge is 2.54. The fourth-order valence-corrected chi connectivity index (χ4v) is 5.37. The molecule has 3 N–H and O–H groups in total. The third-order valence-corrected chi connectivity index (χ3v) is 8.13. The van der Waals surface area contributed by atoms with Gasteiger partial charge in [0.2, 0.25) is 17.7 Å². The molecule has 1 aromatic heterocycles. The molecule has 1 saturated carbocycles. The number of hydrogen-bond donors (Lipinski definition) is 3. The average molecular weight is 542 g/mol. The van der Waals surface area contributed by atoms with E-state index >= 15 is 4.39 Å². The van der Waals surface area contributed by atoms with Crippen molar-refractivity contribution in [3.63, 3.8) is 0 Å². The summed E-state index contributed by atoms with van der Waals surface area (Å²) >= 11 is 1.53. The van der Waals surface area contributed by atoms with Crippen molar-refractivity contribution in [3.05, 3.63) is 41.0 Å². The average Bonchev–Trinajstić information content (AvgIpc) is 3.48. The SMILES string of the molecule is Cc1ncsc1-c1ccc(CNC(=O)[C@@H]2[C@H](F)[C@@H](O)CN2C(=O)[C@@H](NC(=O)C2(C#N)CC2)C(C)(C)C)cc1. The smallest absolute Gasteiger partial charge is 0.246 e. The molecule has 1 aromatic carbocycles. The van der Waals surface area contributed by atoms with E-state index in [2.05, 4.69) is 15.6 Å². The quantitative estimate of drug-likeness (QED) is 0.493. The van der Waals surface area contributed by atoms with Gasteiger partial charge in [-0.1, -0.05) is 45.0 Å². The summed E-state index contributed by atoms with van der Waals surface area (Å²) in [6.07, 6.45) is -2.71. The Hall–Kier alpha value is -3.36. The lowest BCUT2D eigenvalue weighted by Gasteiger charge is -2.35. The van der Waals surface area contributed by atoms with E-state index < -0.39 is 52.9 Å². The summed E-state index contributed by atoms with van der Waals surface area (Å²) in [5, 5.41) is 24.9. The Labute approximate surface area is 225 Å². The van der Waals surface area contributed by atoms with Crippen LogP contribution in [-0.4, -0.2) is 63.6 Å². The van der Waals surface area contributed by atoms with Crippen LogP contribution >= 0.6 is 11.3 Å². The van der Waals surface area contributed by atoms with Gasteiger partial charge < -0.3 is 20.6 Å². The van der Waals surface area contributed by atoms with Gasteiger partial charge in [-0.25, -0.2) is 9.37 Å². The van der Waals surface area contributed by atoms with E-state index in [-0.39, 0.29) is 13.1 Å². The van der Waals surface area contributed by atoms with Gasteiger partial charge in [0.05, 0.1) is 28.7 Å². The van der Waals surface area contributed by atoms with Crippen LogP contribution < -0.4 is 10.6 Å². The second-order valence-corrected chi connectivity index (χ2v) is 12.0. The number of nitriles is 1. The number of rotatable bonds is 7. The zero-order chi connectivity index (χ0) is 27.8. The Morgan fingerprint density at radius 1 is 1.29 bits per heavy atom. The molecular weight excluding hydrogens is 509 g/mol. The second-order valence-electron chi connectivity index (χ2n) is 11.1. The Balaban J connectivity index is 1.46. The molecule has 38 heavy (non-hydrogen) atoms. The molecule has 11 heteroatoms. The Bertz CT molecular complexity index is 1260. The first kappa shape index (κ1) is 27.7. The third-order valence-electron chi connectivity index (χ3n) is 7.16. The number of β-amino-alcohol motifs (C(OH)–C–C–N with tert-alkyl or cyclic N) is 1. The lowest BCUT2D eigenvalue weighted by atomic mass is 9.85. The standard InChI is InChI=1S/C27H32FN5O4S/c1-15-21(38-14-31-15)17-7-5-16(6-8-17)11-30-23(35)20-19(28)18(34)12-33(20)24(36)22(26(2,3)4)32-25(37)27(13-29)9-10-27/h5-8,14,18-20,22,34H,9-12H2,1-4H3,(H,30,35)(H,32,37)/t18-,19+,20-,22+/m0/s1. The maximum Gasteiger partial charge on any atom is 0.246 e. The Kier molecular flexibility index (Phi) is 7.59. The number of aliphatic hydroxyl groups is 1. The molecule has 1 saturated heterocycles. The van der Waals surface area contributed by atoms with Crippen LogP contribution in [-0.2, 0) is 20.9 Å². The van der Waals surface area contributed by atoms with Gasteiger partial charge in [-0.3, -0.25) is 14.4 Å². The van der Waals surface area contributed by atoms with Gasteiger partial charge in [-0.2, -0.15) is 5.26 Å². The molecule has 1 aliphatic heterocycles. The number of aromatic nitrogens is 1. The van der Waals surface area contributed by atoms with Crippen molar-refractivity contribution in [2.75, 3.05) is 6.54 Å². The summed E-state index contributed by atoms with van der Waals surface area (Å²) in [4.78, 5) is 45.7. The summed E-state index contributed by atoms with van der Waals surface area (Å²) in [5.74, 6) is -1.97.